The predicted octanol–water partition coefficient (Wildman–Crippen LogP) is 9.59. The largest absolute Gasteiger partial charge is 0.292 e. The van der Waals surface area contributed by atoms with Gasteiger partial charge in [-0.2, -0.15) is 0 Å². The van der Waals surface area contributed by atoms with Crippen molar-refractivity contribution in [2.24, 2.45) is 0 Å². The van der Waals surface area contributed by atoms with Crippen LogP contribution in [0.1, 0.15) is 0 Å². The number of hydrogen-bond acceptors (Lipinski definition) is 4. The van der Waals surface area contributed by atoms with Crippen LogP contribution in [0, 0.1) is 0 Å². The Bertz CT molecular complexity index is 4670. The van der Waals surface area contributed by atoms with Crippen molar-refractivity contribution in [2.75, 3.05) is 0 Å². The molecular weight excluding hydrogens is 1130 g/mol. The molecule has 0 aliphatic rings. The molecule has 6 heterocycles. The molecule has 16 rings (SSSR count). The van der Waals surface area contributed by atoms with Gasteiger partial charge in [0.25, 0.3) is 0 Å². The van der Waals surface area contributed by atoms with Gasteiger partial charge in [-0.3, -0.25) is 19.1 Å². The molecular formula is C80H58N6Si3. The number of hydrogen-bond donors (Lipinski definition) is 0. The first-order valence-electron chi connectivity index (χ1n) is 30.3. The first-order valence-corrected chi connectivity index (χ1v) is 36.3. The van der Waals surface area contributed by atoms with E-state index >= 15 is 0 Å². The van der Waals surface area contributed by atoms with Gasteiger partial charge in [-0.05, 0) is 100 Å². The predicted molar refractivity (Wildman–Crippen MR) is 377 cm³/mol. The molecule has 0 saturated heterocycles. The highest BCUT2D eigenvalue weighted by Gasteiger charge is 2.46. The van der Waals surface area contributed by atoms with Crippen molar-refractivity contribution < 1.29 is 0 Å². The molecule has 0 N–H and O–H groups in total. The van der Waals surface area contributed by atoms with E-state index in [1.54, 1.807) is 0 Å². The summed E-state index contributed by atoms with van der Waals surface area (Å²) < 4.78 is 4.65. The SMILES string of the molecule is c1ccc([Si](c2ccccc2)(c2ccccc2)c2ccc3c(c2)c2ccncc2n3-c2cccc([Si](c3ccccc3)(c3ccccc3)c3cccc(-n4c5ccc([Si](c6ccccc6)(c6ccccc6)c6ccccc6)cc5c5ccncc54)n3)n2)cc1. The summed E-state index contributed by atoms with van der Waals surface area (Å²) in [7, 11) is -9.16. The van der Waals surface area contributed by atoms with Crippen LogP contribution in [0.15, 0.2) is 352 Å². The summed E-state index contributed by atoms with van der Waals surface area (Å²) in [5.41, 5.74) is 4.10. The molecule has 0 atom stereocenters. The van der Waals surface area contributed by atoms with E-state index in [0.717, 1.165) is 65.9 Å². The van der Waals surface area contributed by atoms with Gasteiger partial charge in [-0.25, -0.2) is 9.97 Å². The lowest BCUT2D eigenvalue weighted by Crippen LogP contribution is -2.76. The van der Waals surface area contributed by atoms with Gasteiger partial charge < -0.3 is 0 Å². The van der Waals surface area contributed by atoms with Crippen molar-refractivity contribution >= 4 is 130 Å². The Hall–Kier alpha value is -10.9. The number of rotatable bonds is 14. The smallest absolute Gasteiger partial charge is 0.223 e. The monoisotopic (exact) mass is 1190 g/mol. The fourth-order valence-corrected chi connectivity index (χ4v) is 28.6. The van der Waals surface area contributed by atoms with E-state index in [4.69, 9.17) is 19.9 Å². The minimum absolute atomic E-state index is 0.811. The molecule has 0 fully saturated rings. The molecule has 16 aromatic rings. The van der Waals surface area contributed by atoms with Crippen LogP contribution in [-0.2, 0) is 0 Å². The summed E-state index contributed by atoms with van der Waals surface area (Å²) in [5, 5.41) is 19.4. The molecule has 10 aromatic carbocycles. The number of fused-ring (bicyclic) bond motifs is 6. The maximum absolute atomic E-state index is 5.98. The summed E-state index contributed by atoms with van der Waals surface area (Å²) in [6.45, 7) is 0. The third kappa shape index (κ3) is 8.57. The van der Waals surface area contributed by atoms with Gasteiger partial charge in [-0.15, -0.1) is 0 Å². The quantitative estimate of drug-likeness (QED) is 0.0805. The summed E-state index contributed by atoms with van der Waals surface area (Å²) in [4.78, 5) is 21.6. The molecule has 0 spiro atoms. The van der Waals surface area contributed by atoms with Gasteiger partial charge in [-0.1, -0.05) is 279 Å². The van der Waals surface area contributed by atoms with Crippen molar-refractivity contribution in [3.8, 4) is 11.6 Å². The standard InChI is InChI=1S/C80H58N6Si3/c1-9-27-59(28-10-1)87(60-29-11-2-12-30-60,61-31-13-3-14-32-61)67-47-49-73-71(55-67)69-51-53-81-57-75(69)85(73)77-43-25-45-79(83-77)89(65-39-21-7-22-40-65,66-41-23-8-24-42-66)80-46-26-44-78(84-80)86-74-50-48-68(56-72(74)70-52-54-82-58-76(70)86)88(62-33-15-4-16-34-62,63-35-17-5-18-36-63)64-37-19-6-20-38-64/h1-58H. The average Bonchev–Trinajstić information content (AvgIpc) is 1.86. The van der Waals surface area contributed by atoms with E-state index in [2.05, 4.69) is 337 Å². The second-order valence-electron chi connectivity index (χ2n) is 22.9. The third-order valence-corrected chi connectivity index (χ3v) is 32.4. The Morgan fingerprint density at radius 1 is 0.213 bits per heavy atom. The Morgan fingerprint density at radius 2 is 0.494 bits per heavy atom. The lowest BCUT2D eigenvalue weighted by atomic mass is 10.2. The number of pyridine rings is 4. The maximum Gasteiger partial charge on any atom is 0.223 e. The van der Waals surface area contributed by atoms with Crippen LogP contribution in [0.25, 0.3) is 55.2 Å². The molecule has 420 valence electrons. The fourth-order valence-electron chi connectivity index (χ4n) is 14.6. The molecule has 0 bridgehead atoms. The van der Waals surface area contributed by atoms with Crippen LogP contribution in [-0.4, -0.2) is 53.3 Å². The van der Waals surface area contributed by atoms with Crippen LogP contribution in [0.5, 0.6) is 0 Å². The van der Waals surface area contributed by atoms with E-state index in [1.807, 2.05) is 24.8 Å². The summed E-state index contributed by atoms with van der Waals surface area (Å²) in [5.74, 6) is 1.62. The lowest BCUT2D eigenvalue weighted by molar-refractivity contribution is 1.08. The van der Waals surface area contributed by atoms with Crippen LogP contribution in [0.3, 0.4) is 0 Å². The van der Waals surface area contributed by atoms with Crippen LogP contribution in [0.4, 0.5) is 0 Å². The van der Waals surface area contributed by atoms with E-state index in [9.17, 15) is 0 Å². The number of benzene rings is 10. The highest BCUT2D eigenvalue weighted by atomic mass is 28.3. The van der Waals surface area contributed by atoms with Crippen molar-refractivity contribution in [2.45, 2.75) is 0 Å². The molecule has 0 aliphatic heterocycles. The Morgan fingerprint density at radius 3 is 0.787 bits per heavy atom. The molecule has 6 aromatic heterocycles. The van der Waals surface area contributed by atoms with Crippen molar-refractivity contribution in [3.63, 3.8) is 0 Å². The Balaban J connectivity index is 0.903. The minimum atomic E-state index is -3.42. The van der Waals surface area contributed by atoms with Gasteiger partial charge in [0.2, 0.25) is 8.07 Å². The molecule has 0 unspecified atom stereocenters. The Kier molecular flexibility index (Phi) is 13.5. The van der Waals surface area contributed by atoms with Crippen molar-refractivity contribution in [1.29, 1.82) is 0 Å². The highest BCUT2D eigenvalue weighted by molar-refractivity contribution is 7.21. The topological polar surface area (TPSA) is 61.4 Å². The molecule has 0 aliphatic carbocycles. The van der Waals surface area contributed by atoms with Gasteiger partial charge in [0, 0.05) is 44.6 Å². The number of aromatic nitrogens is 6. The zero-order valence-electron chi connectivity index (χ0n) is 48.7. The minimum Gasteiger partial charge on any atom is -0.292 e. The Labute approximate surface area is 520 Å². The van der Waals surface area contributed by atoms with Crippen LogP contribution in [0.2, 0.25) is 0 Å². The van der Waals surface area contributed by atoms with Gasteiger partial charge in [0.05, 0.1) is 34.5 Å². The van der Waals surface area contributed by atoms with E-state index in [1.165, 1.54) is 51.9 Å². The first-order chi connectivity index (χ1) is 44.2. The summed E-state index contributed by atoms with van der Waals surface area (Å²) in [6, 6.07) is 121. The maximum atomic E-state index is 5.98. The van der Waals surface area contributed by atoms with E-state index in [0.29, 0.717) is 0 Å². The fraction of sp³-hybridized carbons (Fsp3) is 0. The lowest BCUT2D eigenvalue weighted by Gasteiger charge is -2.34. The molecule has 0 saturated carbocycles. The van der Waals surface area contributed by atoms with Crippen LogP contribution >= 0.6 is 0 Å². The summed E-state index contributed by atoms with van der Waals surface area (Å²) >= 11 is 0. The zero-order chi connectivity index (χ0) is 59.2. The second-order valence-corrected chi connectivity index (χ2v) is 34.2. The normalized spacial score (nSPS) is 12.0. The zero-order valence-corrected chi connectivity index (χ0v) is 51.7. The van der Waals surface area contributed by atoms with E-state index in [-0.39, 0.29) is 0 Å². The van der Waals surface area contributed by atoms with Gasteiger partial charge >= 0.3 is 0 Å². The first kappa shape index (κ1) is 53.5. The molecule has 9 heteroatoms. The molecule has 89 heavy (non-hydrogen) atoms. The van der Waals surface area contributed by atoms with Crippen molar-refractivity contribution in [1.82, 2.24) is 29.1 Å². The van der Waals surface area contributed by atoms with Gasteiger partial charge in [0.1, 0.15) is 11.6 Å². The third-order valence-electron chi connectivity index (χ3n) is 18.4. The average molecular weight is 1190 g/mol. The highest BCUT2D eigenvalue weighted by Crippen LogP contribution is 2.33. The summed E-state index contributed by atoms with van der Waals surface area (Å²) in [6.07, 6.45) is 7.84. The van der Waals surface area contributed by atoms with Gasteiger partial charge in [0.15, 0.2) is 16.1 Å². The van der Waals surface area contributed by atoms with Crippen LogP contribution < -0.4 is 62.5 Å². The second kappa shape index (κ2) is 22.4. The number of nitrogens with zero attached hydrogens (tertiary/aromatic N) is 6. The molecule has 0 radical (unpaired) electrons. The molecule has 0 amide bonds. The van der Waals surface area contributed by atoms with E-state index < -0.39 is 24.2 Å². The molecule has 6 nitrogen and oxygen atoms in total. The van der Waals surface area contributed by atoms with Crippen molar-refractivity contribution in [3.05, 3.63) is 352 Å².